The van der Waals surface area contributed by atoms with Crippen LogP contribution in [0.25, 0.3) is 0 Å². The Labute approximate surface area is 141 Å². The van der Waals surface area contributed by atoms with Gasteiger partial charge in [-0.25, -0.2) is 4.39 Å². The second-order valence-corrected chi connectivity index (χ2v) is 5.51. The molecule has 0 fully saturated rings. The number of aliphatic hydroxyl groups is 2. The molecule has 2 aromatic rings. The van der Waals surface area contributed by atoms with Gasteiger partial charge in [-0.05, 0) is 41.8 Å². The first kappa shape index (κ1) is 18.2. The van der Waals surface area contributed by atoms with Crippen molar-refractivity contribution in [1.82, 2.24) is 0 Å². The number of rotatable bonds is 10. The van der Waals surface area contributed by atoms with E-state index in [1.807, 2.05) is 48.5 Å². The van der Waals surface area contributed by atoms with Gasteiger partial charge in [-0.1, -0.05) is 24.3 Å². The predicted molar refractivity (Wildman–Crippen MR) is 90.4 cm³/mol. The highest BCUT2D eigenvalue weighted by Crippen LogP contribution is 2.18. The number of hydrogen-bond acceptors (Lipinski definition) is 4. The summed E-state index contributed by atoms with van der Waals surface area (Å²) in [4.78, 5) is 0. The van der Waals surface area contributed by atoms with Crippen molar-refractivity contribution in [3.8, 4) is 11.5 Å². The number of hydrogen-bond donors (Lipinski definition) is 2. The van der Waals surface area contributed by atoms with Gasteiger partial charge < -0.3 is 19.7 Å². The van der Waals surface area contributed by atoms with E-state index in [0.717, 1.165) is 23.3 Å². The maximum atomic E-state index is 12.2. The van der Waals surface area contributed by atoms with E-state index in [2.05, 4.69) is 0 Å². The summed E-state index contributed by atoms with van der Waals surface area (Å²) >= 11 is 0. The molecule has 1 unspecified atom stereocenters. The minimum absolute atomic E-state index is 0.0480. The van der Waals surface area contributed by atoms with Gasteiger partial charge in [0, 0.05) is 13.0 Å². The maximum Gasteiger partial charge on any atom is 0.119 e. The molecule has 0 saturated heterocycles. The lowest BCUT2D eigenvalue weighted by Crippen LogP contribution is -2.19. The highest BCUT2D eigenvalue weighted by Gasteiger charge is 2.04. The number of aliphatic hydroxyl groups excluding tert-OH is 2. The Kier molecular flexibility index (Phi) is 7.52. The van der Waals surface area contributed by atoms with Gasteiger partial charge in [-0.2, -0.15) is 0 Å². The average Bonchev–Trinajstić information content (AvgIpc) is 2.62. The third-order valence-electron chi connectivity index (χ3n) is 3.45. The third-order valence-corrected chi connectivity index (χ3v) is 3.45. The smallest absolute Gasteiger partial charge is 0.119 e. The molecule has 0 aliphatic carbocycles. The van der Waals surface area contributed by atoms with Crippen molar-refractivity contribution in [3.63, 3.8) is 0 Å². The molecule has 0 aliphatic rings. The summed E-state index contributed by atoms with van der Waals surface area (Å²) < 4.78 is 23.0. The Morgan fingerprint density at radius 2 is 1.42 bits per heavy atom. The highest BCUT2D eigenvalue weighted by atomic mass is 19.1. The molecule has 0 bridgehead atoms. The zero-order chi connectivity index (χ0) is 17.2. The van der Waals surface area contributed by atoms with Gasteiger partial charge in [0.15, 0.2) is 0 Å². The van der Waals surface area contributed by atoms with Crippen LogP contribution in [-0.2, 0) is 6.42 Å². The average molecular weight is 334 g/mol. The lowest BCUT2D eigenvalue weighted by molar-refractivity contribution is 0.0842. The topological polar surface area (TPSA) is 58.9 Å². The van der Waals surface area contributed by atoms with Gasteiger partial charge in [-0.15, -0.1) is 0 Å². The Morgan fingerprint density at radius 1 is 0.875 bits per heavy atom. The van der Waals surface area contributed by atoms with Crippen LogP contribution in [0.5, 0.6) is 11.5 Å². The summed E-state index contributed by atoms with van der Waals surface area (Å²) in [5.74, 6) is 1.40. The van der Waals surface area contributed by atoms with Crippen molar-refractivity contribution >= 4 is 0 Å². The van der Waals surface area contributed by atoms with Crippen LogP contribution in [-0.4, -0.2) is 42.8 Å². The molecule has 0 amide bonds. The van der Waals surface area contributed by atoms with Crippen LogP contribution in [0.4, 0.5) is 4.39 Å². The Bertz CT molecular complexity index is 583. The molecule has 24 heavy (non-hydrogen) atoms. The lowest BCUT2D eigenvalue weighted by atomic mass is 10.0. The quantitative estimate of drug-likeness (QED) is 0.656. The summed E-state index contributed by atoms with van der Waals surface area (Å²) in [6.45, 7) is -0.218. The van der Waals surface area contributed by atoms with Crippen LogP contribution in [0.3, 0.4) is 0 Å². The van der Waals surface area contributed by atoms with Crippen LogP contribution in [0.2, 0.25) is 0 Å². The number of alkyl halides is 1. The molecular formula is C19H23FO4. The van der Waals surface area contributed by atoms with E-state index in [1.54, 1.807) is 0 Å². The zero-order valence-corrected chi connectivity index (χ0v) is 13.5. The van der Waals surface area contributed by atoms with E-state index in [-0.39, 0.29) is 13.2 Å². The third kappa shape index (κ3) is 6.18. The Morgan fingerprint density at radius 3 is 1.92 bits per heavy atom. The molecule has 2 aromatic carbocycles. The molecule has 0 radical (unpaired) electrons. The SMILES string of the molecule is OCCCOc1ccc(Cc2ccc(OCC(O)CF)cc2)cc1. The molecule has 0 spiro atoms. The molecule has 0 aliphatic heterocycles. The lowest BCUT2D eigenvalue weighted by Gasteiger charge is -2.10. The second-order valence-electron chi connectivity index (χ2n) is 5.51. The minimum Gasteiger partial charge on any atom is -0.494 e. The number of halogens is 1. The summed E-state index contributed by atoms with van der Waals surface area (Å²) in [5.41, 5.74) is 2.29. The predicted octanol–water partition coefficient (Wildman–Crippen LogP) is 2.75. The Hall–Kier alpha value is -2.11. The first-order valence-electron chi connectivity index (χ1n) is 7.99. The van der Waals surface area contributed by atoms with Crippen LogP contribution in [0.1, 0.15) is 17.5 Å². The van der Waals surface area contributed by atoms with Gasteiger partial charge >= 0.3 is 0 Å². The van der Waals surface area contributed by atoms with Crippen molar-refractivity contribution in [2.45, 2.75) is 18.9 Å². The standard InChI is InChI=1S/C19H23FO4/c20-13-17(22)14-24-19-8-4-16(5-9-19)12-15-2-6-18(7-3-15)23-11-1-10-21/h2-9,17,21-22H,1,10-14H2. The van der Waals surface area contributed by atoms with Gasteiger partial charge in [0.25, 0.3) is 0 Å². The van der Waals surface area contributed by atoms with Crippen LogP contribution in [0.15, 0.2) is 48.5 Å². The summed E-state index contributed by atoms with van der Waals surface area (Å²) in [7, 11) is 0. The molecule has 1 atom stereocenters. The summed E-state index contributed by atoms with van der Waals surface area (Å²) in [5, 5.41) is 17.9. The van der Waals surface area contributed by atoms with Crippen molar-refractivity contribution in [3.05, 3.63) is 59.7 Å². The molecule has 2 N–H and O–H groups in total. The molecular weight excluding hydrogens is 311 g/mol. The van der Waals surface area contributed by atoms with Crippen molar-refractivity contribution in [1.29, 1.82) is 0 Å². The van der Waals surface area contributed by atoms with E-state index in [4.69, 9.17) is 19.7 Å². The molecule has 0 saturated carbocycles. The second kappa shape index (κ2) is 9.90. The van der Waals surface area contributed by atoms with Crippen molar-refractivity contribution < 1.29 is 24.1 Å². The maximum absolute atomic E-state index is 12.2. The minimum atomic E-state index is -1.08. The molecule has 5 heteroatoms. The first-order chi connectivity index (χ1) is 11.7. The fraction of sp³-hybridized carbons (Fsp3) is 0.368. The Balaban J connectivity index is 1.84. The highest BCUT2D eigenvalue weighted by molar-refractivity contribution is 5.34. The first-order valence-corrected chi connectivity index (χ1v) is 7.99. The summed E-state index contributed by atoms with van der Waals surface area (Å²) in [6.07, 6.45) is 0.325. The van der Waals surface area contributed by atoms with E-state index in [1.165, 1.54) is 0 Å². The molecule has 0 aromatic heterocycles. The van der Waals surface area contributed by atoms with E-state index in [9.17, 15) is 4.39 Å². The largest absolute Gasteiger partial charge is 0.494 e. The zero-order valence-electron chi connectivity index (χ0n) is 13.5. The van der Waals surface area contributed by atoms with Crippen LogP contribution >= 0.6 is 0 Å². The van der Waals surface area contributed by atoms with Crippen molar-refractivity contribution in [2.24, 2.45) is 0 Å². The number of ether oxygens (including phenoxy) is 2. The van der Waals surface area contributed by atoms with E-state index < -0.39 is 12.8 Å². The summed E-state index contributed by atoms with van der Waals surface area (Å²) in [6, 6.07) is 15.4. The molecule has 2 rings (SSSR count). The van der Waals surface area contributed by atoms with Gasteiger partial charge in [0.2, 0.25) is 0 Å². The molecule has 0 heterocycles. The number of benzene rings is 2. The van der Waals surface area contributed by atoms with E-state index >= 15 is 0 Å². The van der Waals surface area contributed by atoms with Gasteiger partial charge in [0.1, 0.15) is 30.9 Å². The van der Waals surface area contributed by atoms with Crippen LogP contribution < -0.4 is 9.47 Å². The fourth-order valence-corrected chi connectivity index (χ4v) is 2.13. The van der Waals surface area contributed by atoms with Gasteiger partial charge in [0.05, 0.1) is 6.61 Å². The van der Waals surface area contributed by atoms with Gasteiger partial charge in [-0.3, -0.25) is 0 Å². The molecule has 4 nitrogen and oxygen atoms in total. The monoisotopic (exact) mass is 334 g/mol. The van der Waals surface area contributed by atoms with Crippen molar-refractivity contribution in [2.75, 3.05) is 26.5 Å². The van der Waals surface area contributed by atoms with Crippen LogP contribution in [0, 0.1) is 0 Å². The molecule has 130 valence electrons. The normalized spacial score (nSPS) is 12.0. The van der Waals surface area contributed by atoms with E-state index in [0.29, 0.717) is 18.8 Å². The fourth-order valence-electron chi connectivity index (χ4n) is 2.13.